The summed E-state index contributed by atoms with van der Waals surface area (Å²) >= 11 is 0. The minimum atomic E-state index is 0.714. The van der Waals surface area contributed by atoms with Crippen LogP contribution in [0.2, 0.25) is 0 Å². The third kappa shape index (κ3) is 3.46. The van der Waals surface area contributed by atoms with Crippen molar-refractivity contribution in [3.05, 3.63) is 6.42 Å². The van der Waals surface area contributed by atoms with Crippen LogP contribution in [-0.4, -0.2) is 0 Å². The molecule has 1 saturated carbocycles. The van der Waals surface area contributed by atoms with Gasteiger partial charge in [-0.1, -0.05) is 12.8 Å². The molecule has 0 N–H and O–H groups in total. The van der Waals surface area contributed by atoms with Crippen molar-refractivity contribution in [2.24, 2.45) is 5.92 Å². The van der Waals surface area contributed by atoms with Crippen molar-refractivity contribution in [2.75, 3.05) is 0 Å². The van der Waals surface area contributed by atoms with Gasteiger partial charge in [-0.15, -0.1) is 5.92 Å². The molecule has 0 aromatic heterocycles. The molecule has 1 radical (unpaired) electrons. The molecule has 11 heavy (non-hydrogen) atoms. The fourth-order valence-corrected chi connectivity index (χ4v) is 1.41. The highest BCUT2D eigenvalue weighted by Gasteiger charge is 2.09. The highest BCUT2D eigenvalue weighted by molar-refractivity contribution is 5.05. The van der Waals surface area contributed by atoms with Gasteiger partial charge in [0.15, 0.2) is 0 Å². The van der Waals surface area contributed by atoms with E-state index in [9.17, 15) is 0 Å². The first-order chi connectivity index (χ1) is 5.43. The van der Waals surface area contributed by atoms with Crippen LogP contribution in [0, 0.1) is 24.2 Å². The van der Waals surface area contributed by atoms with Crippen molar-refractivity contribution in [1.82, 2.24) is 0 Å². The maximum absolute atomic E-state index is 3.35. The van der Waals surface area contributed by atoms with Crippen LogP contribution in [0.3, 0.4) is 0 Å². The summed E-state index contributed by atoms with van der Waals surface area (Å²) in [6.07, 6.45) is 9.84. The summed E-state index contributed by atoms with van der Waals surface area (Å²) in [5.74, 6) is 7.31. The van der Waals surface area contributed by atoms with Gasteiger partial charge in [0, 0.05) is 12.3 Å². The Labute approximate surface area is 70.4 Å². The summed E-state index contributed by atoms with van der Waals surface area (Å²) in [6, 6.07) is 0. The molecule has 0 bridgehead atoms. The molecular weight excluding hydrogens is 132 g/mol. The van der Waals surface area contributed by atoms with E-state index < -0.39 is 0 Å². The Morgan fingerprint density at radius 1 is 1.36 bits per heavy atom. The Morgan fingerprint density at radius 3 is 2.73 bits per heavy atom. The first-order valence-electron chi connectivity index (χ1n) is 4.73. The fourth-order valence-electron chi connectivity index (χ4n) is 1.41. The number of hydrogen-bond acceptors (Lipinski definition) is 0. The largest absolute Gasteiger partial charge is 0.103 e. The molecule has 0 aliphatic heterocycles. The van der Waals surface area contributed by atoms with Crippen LogP contribution in [0.15, 0.2) is 0 Å². The van der Waals surface area contributed by atoms with Crippen molar-refractivity contribution in [3.8, 4) is 11.8 Å². The molecule has 1 aliphatic carbocycles. The molecule has 0 aromatic carbocycles. The zero-order valence-electron chi connectivity index (χ0n) is 7.40. The van der Waals surface area contributed by atoms with Gasteiger partial charge in [-0.3, -0.25) is 0 Å². The van der Waals surface area contributed by atoms with E-state index in [2.05, 4.69) is 25.2 Å². The predicted molar refractivity (Wildman–Crippen MR) is 48.9 cm³/mol. The molecule has 0 spiro atoms. The first kappa shape index (κ1) is 8.65. The summed E-state index contributed by atoms with van der Waals surface area (Å²) in [5.41, 5.74) is 0. The summed E-state index contributed by atoms with van der Waals surface area (Å²) in [6.45, 7) is 2.18. The lowest BCUT2D eigenvalue weighted by molar-refractivity contribution is 0.497. The molecule has 0 amide bonds. The van der Waals surface area contributed by atoms with Crippen LogP contribution >= 0.6 is 0 Å². The van der Waals surface area contributed by atoms with Gasteiger partial charge in [0.2, 0.25) is 0 Å². The molecule has 0 saturated heterocycles. The smallest absolute Gasteiger partial charge is 0.0203 e. The summed E-state index contributed by atoms with van der Waals surface area (Å²) in [7, 11) is 0. The van der Waals surface area contributed by atoms with Gasteiger partial charge in [0.1, 0.15) is 0 Å². The predicted octanol–water partition coefficient (Wildman–Crippen LogP) is 3.18. The average molecular weight is 149 g/mol. The van der Waals surface area contributed by atoms with Crippen LogP contribution in [-0.2, 0) is 0 Å². The van der Waals surface area contributed by atoms with Crippen molar-refractivity contribution in [2.45, 2.75) is 45.4 Å². The number of hydrogen-bond donors (Lipinski definition) is 0. The third-order valence-electron chi connectivity index (χ3n) is 2.12. The van der Waals surface area contributed by atoms with E-state index in [1.165, 1.54) is 32.1 Å². The maximum atomic E-state index is 3.35. The standard InChI is InChI=1S/C11H17/c1-2-3-5-8-11-9-6-4-7-10-11/h4,11H,2-3,6-7,9-10H2,1H3. The van der Waals surface area contributed by atoms with Crippen molar-refractivity contribution < 1.29 is 0 Å². The van der Waals surface area contributed by atoms with E-state index in [4.69, 9.17) is 0 Å². The first-order valence-corrected chi connectivity index (χ1v) is 4.73. The molecular formula is C11H17. The van der Waals surface area contributed by atoms with Gasteiger partial charge in [-0.2, -0.15) is 0 Å². The van der Waals surface area contributed by atoms with Crippen molar-refractivity contribution >= 4 is 0 Å². The van der Waals surface area contributed by atoms with Crippen LogP contribution in [0.4, 0.5) is 0 Å². The highest BCUT2D eigenvalue weighted by Crippen LogP contribution is 2.21. The molecule has 1 rings (SSSR count). The SMILES string of the molecule is CCCC#CC1CC[CH]CC1. The normalized spacial score (nSPS) is 19.0. The third-order valence-corrected chi connectivity index (χ3v) is 2.12. The quantitative estimate of drug-likeness (QED) is 0.502. The van der Waals surface area contributed by atoms with E-state index in [0.29, 0.717) is 5.92 Å². The number of unbranched alkanes of at least 4 members (excludes halogenated alkanes) is 1. The van der Waals surface area contributed by atoms with Gasteiger partial charge in [0.25, 0.3) is 0 Å². The van der Waals surface area contributed by atoms with E-state index in [1.54, 1.807) is 0 Å². The number of rotatable bonds is 1. The van der Waals surface area contributed by atoms with E-state index in [0.717, 1.165) is 6.42 Å². The van der Waals surface area contributed by atoms with E-state index in [-0.39, 0.29) is 0 Å². The van der Waals surface area contributed by atoms with Gasteiger partial charge in [-0.05, 0) is 38.5 Å². The van der Waals surface area contributed by atoms with E-state index in [1.807, 2.05) is 0 Å². The average Bonchev–Trinajstić information content (AvgIpc) is 2.07. The molecule has 1 fully saturated rings. The van der Waals surface area contributed by atoms with Crippen LogP contribution in [0.5, 0.6) is 0 Å². The second kappa shape index (κ2) is 5.24. The molecule has 0 atom stereocenters. The molecule has 61 valence electrons. The molecule has 0 unspecified atom stereocenters. The zero-order chi connectivity index (χ0) is 7.94. The Morgan fingerprint density at radius 2 is 2.09 bits per heavy atom. The highest BCUT2D eigenvalue weighted by atomic mass is 14.1. The minimum Gasteiger partial charge on any atom is -0.103 e. The monoisotopic (exact) mass is 149 g/mol. The molecule has 0 aromatic rings. The maximum Gasteiger partial charge on any atom is 0.0203 e. The topological polar surface area (TPSA) is 0 Å². The Hall–Kier alpha value is -0.440. The minimum absolute atomic E-state index is 0.714. The summed E-state index contributed by atoms with van der Waals surface area (Å²) in [5, 5.41) is 0. The lowest BCUT2D eigenvalue weighted by atomic mass is 9.90. The molecule has 1 aliphatic rings. The second-order valence-corrected chi connectivity index (χ2v) is 3.21. The van der Waals surface area contributed by atoms with Crippen molar-refractivity contribution in [1.29, 1.82) is 0 Å². The summed E-state index contributed by atoms with van der Waals surface area (Å²) in [4.78, 5) is 0. The van der Waals surface area contributed by atoms with Crippen LogP contribution in [0.1, 0.15) is 45.4 Å². The zero-order valence-corrected chi connectivity index (χ0v) is 7.40. The van der Waals surface area contributed by atoms with Gasteiger partial charge >= 0.3 is 0 Å². The van der Waals surface area contributed by atoms with Crippen LogP contribution in [0.25, 0.3) is 0 Å². The van der Waals surface area contributed by atoms with Gasteiger partial charge < -0.3 is 0 Å². The molecule has 0 heterocycles. The lowest BCUT2D eigenvalue weighted by Crippen LogP contribution is -2.03. The Balaban J connectivity index is 2.19. The fraction of sp³-hybridized carbons (Fsp3) is 0.727. The van der Waals surface area contributed by atoms with Gasteiger partial charge in [0.05, 0.1) is 0 Å². The second-order valence-electron chi connectivity index (χ2n) is 3.21. The van der Waals surface area contributed by atoms with Crippen LogP contribution < -0.4 is 0 Å². The Bertz CT molecular complexity index is 141. The van der Waals surface area contributed by atoms with Crippen molar-refractivity contribution in [3.63, 3.8) is 0 Å². The Kier molecular flexibility index (Phi) is 4.12. The summed E-state index contributed by atoms with van der Waals surface area (Å²) < 4.78 is 0. The lowest BCUT2D eigenvalue weighted by Gasteiger charge is -2.15. The molecule has 0 nitrogen and oxygen atoms in total. The molecule has 0 heteroatoms. The van der Waals surface area contributed by atoms with E-state index >= 15 is 0 Å². The van der Waals surface area contributed by atoms with Gasteiger partial charge in [-0.25, -0.2) is 0 Å².